The van der Waals surface area contributed by atoms with Crippen LogP contribution in [0.2, 0.25) is 5.02 Å². The van der Waals surface area contributed by atoms with E-state index in [2.05, 4.69) is 36.3 Å². The highest BCUT2D eigenvalue weighted by Gasteiger charge is 2.12. The summed E-state index contributed by atoms with van der Waals surface area (Å²) >= 11 is 7.62. The Morgan fingerprint density at radius 2 is 2.05 bits per heavy atom. The monoisotopic (exact) mass is 311 g/mol. The minimum atomic E-state index is 0.0993. The molecule has 4 nitrogen and oxygen atoms in total. The molecule has 2 N–H and O–H groups in total. The SMILES string of the molecule is CC(C)(C)NCCc1nnc(-c2cc(O)ccc2Cl)s1. The average molecular weight is 312 g/mol. The highest BCUT2D eigenvalue weighted by atomic mass is 35.5. The van der Waals surface area contributed by atoms with Crippen molar-refractivity contribution in [3.05, 3.63) is 28.2 Å². The first-order valence-corrected chi connectivity index (χ1v) is 7.61. The molecule has 0 saturated carbocycles. The van der Waals surface area contributed by atoms with E-state index in [0.717, 1.165) is 28.5 Å². The molecule has 0 aliphatic heterocycles. The van der Waals surface area contributed by atoms with Crippen LogP contribution in [0.3, 0.4) is 0 Å². The average Bonchev–Trinajstić information content (AvgIpc) is 2.79. The Balaban J connectivity index is 2.07. The van der Waals surface area contributed by atoms with Gasteiger partial charge >= 0.3 is 0 Å². The Morgan fingerprint density at radius 1 is 1.30 bits per heavy atom. The number of benzene rings is 1. The lowest BCUT2D eigenvalue weighted by Gasteiger charge is -2.19. The molecule has 1 heterocycles. The maximum Gasteiger partial charge on any atom is 0.149 e. The van der Waals surface area contributed by atoms with Crippen molar-refractivity contribution in [2.24, 2.45) is 0 Å². The molecule has 0 saturated heterocycles. The van der Waals surface area contributed by atoms with Crippen LogP contribution in [0.15, 0.2) is 18.2 Å². The second-order valence-corrected chi connectivity index (χ2v) is 7.06. The van der Waals surface area contributed by atoms with Crippen LogP contribution in [0.1, 0.15) is 25.8 Å². The Labute approximate surface area is 127 Å². The molecule has 0 bridgehead atoms. The number of aromatic hydroxyl groups is 1. The van der Waals surface area contributed by atoms with E-state index in [1.165, 1.54) is 11.3 Å². The lowest BCUT2D eigenvalue weighted by molar-refractivity contribution is 0.429. The largest absolute Gasteiger partial charge is 0.508 e. The van der Waals surface area contributed by atoms with Crippen LogP contribution in [-0.4, -0.2) is 27.4 Å². The van der Waals surface area contributed by atoms with Gasteiger partial charge in [-0.1, -0.05) is 22.9 Å². The maximum absolute atomic E-state index is 9.52. The molecule has 0 atom stereocenters. The molecule has 0 aliphatic rings. The fraction of sp³-hybridized carbons (Fsp3) is 0.429. The molecule has 108 valence electrons. The standard InChI is InChI=1S/C14H18ClN3OS/c1-14(2,3)16-7-6-12-17-18-13(20-12)10-8-9(19)4-5-11(10)15/h4-5,8,16,19H,6-7H2,1-3H3. The smallest absolute Gasteiger partial charge is 0.149 e. The third-order valence-electron chi connectivity index (χ3n) is 2.64. The molecule has 6 heteroatoms. The molecule has 20 heavy (non-hydrogen) atoms. The first-order chi connectivity index (χ1) is 9.35. The zero-order valence-electron chi connectivity index (χ0n) is 11.8. The molecule has 1 aromatic carbocycles. The summed E-state index contributed by atoms with van der Waals surface area (Å²) in [6, 6.07) is 4.83. The van der Waals surface area contributed by atoms with Crippen LogP contribution in [-0.2, 0) is 6.42 Å². The van der Waals surface area contributed by atoms with Gasteiger partial charge in [0.1, 0.15) is 15.8 Å². The normalized spacial score (nSPS) is 11.8. The Hall–Kier alpha value is -1.17. The predicted molar refractivity (Wildman–Crippen MR) is 83.5 cm³/mol. The number of hydrogen-bond donors (Lipinski definition) is 2. The van der Waals surface area contributed by atoms with Crippen molar-refractivity contribution >= 4 is 22.9 Å². The quantitative estimate of drug-likeness (QED) is 0.907. The van der Waals surface area contributed by atoms with E-state index >= 15 is 0 Å². The summed E-state index contributed by atoms with van der Waals surface area (Å²) in [4.78, 5) is 0. The van der Waals surface area contributed by atoms with Gasteiger partial charge in [-0.3, -0.25) is 0 Å². The lowest BCUT2D eigenvalue weighted by Crippen LogP contribution is -2.37. The van der Waals surface area contributed by atoms with Crippen molar-refractivity contribution in [2.75, 3.05) is 6.54 Å². The van der Waals surface area contributed by atoms with Gasteiger partial charge in [-0.25, -0.2) is 0 Å². The molecule has 0 spiro atoms. The molecule has 0 radical (unpaired) electrons. The van der Waals surface area contributed by atoms with Gasteiger partial charge in [0.15, 0.2) is 0 Å². The van der Waals surface area contributed by atoms with E-state index < -0.39 is 0 Å². The Bertz CT molecular complexity index is 592. The number of halogens is 1. The van der Waals surface area contributed by atoms with Crippen molar-refractivity contribution in [1.29, 1.82) is 0 Å². The molecule has 2 rings (SSSR count). The number of aromatic nitrogens is 2. The van der Waals surface area contributed by atoms with Crippen LogP contribution in [0.5, 0.6) is 5.75 Å². The molecule has 0 unspecified atom stereocenters. The van der Waals surface area contributed by atoms with Crippen molar-refractivity contribution in [3.8, 4) is 16.3 Å². The predicted octanol–water partition coefficient (Wildman–Crippen LogP) is 3.49. The summed E-state index contributed by atoms with van der Waals surface area (Å²) in [5.74, 6) is 0.176. The van der Waals surface area contributed by atoms with Gasteiger partial charge in [-0.2, -0.15) is 0 Å². The van der Waals surface area contributed by atoms with Crippen molar-refractivity contribution < 1.29 is 5.11 Å². The fourth-order valence-corrected chi connectivity index (χ4v) is 2.82. The van der Waals surface area contributed by atoms with E-state index in [1.54, 1.807) is 18.2 Å². The number of hydrogen-bond acceptors (Lipinski definition) is 5. The molecule has 2 aromatic rings. The van der Waals surface area contributed by atoms with E-state index in [1.807, 2.05) is 0 Å². The molecular weight excluding hydrogens is 294 g/mol. The van der Waals surface area contributed by atoms with Crippen LogP contribution < -0.4 is 5.32 Å². The molecule has 0 amide bonds. The zero-order valence-corrected chi connectivity index (χ0v) is 13.3. The van der Waals surface area contributed by atoms with Gasteiger partial charge in [0.2, 0.25) is 0 Å². The van der Waals surface area contributed by atoms with E-state index in [4.69, 9.17) is 11.6 Å². The summed E-state index contributed by atoms with van der Waals surface area (Å²) in [5.41, 5.74) is 0.821. The number of nitrogens with one attached hydrogen (secondary N) is 1. The highest BCUT2D eigenvalue weighted by Crippen LogP contribution is 2.32. The first kappa shape index (κ1) is 15.2. The summed E-state index contributed by atoms with van der Waals surface area (Å²) in [6.07, 6.45) is 0.825. The maximum atomic E-state index is 9.52. The number of nitrogens with zero attached hydrogens (tertiary/aromatic N) is 2. The minimum Gasteiger partial charge on any atom is -0.508 e. The van der Waals surface area contributed by atoms with Gasteiger partial charge in [0, 0.05) is 24.1 Å². The van der Waals surface area contributed by atoms with Gasteiger partial charge in [0.25, 0.3) is 0 Å². The van der Waals surface area contributed by atoms with Crippen molar-refractivity contribution in [2.45, 2.75) is 32.7 Å². The Morgan fingerprint density at radius 3 is 2.75 bits per heavy atom. The zero-order chi connectivity index (χ0) is 14.8. The van der Waals surface area contributed by atoms with Gasteiger partial charge in [-0.15, -0.1) is 10.2 Å². The third-order valence-corrected chi connectivity index (χ3v) is 3.99. The molecule has 0 aliphatic carbocycles. The van der Waals surface area contributed by atoms with Gasteiger partial charge < -0.3 is 10.4 Å². The second-order valence-electron chi connectivity index (χ2n) is 5.59. The number of phenols is 1. The minimum absolute atomic E-state index is 0.0993. The molecule has 1 aromatic heterocycles. The molecular formula is C14H18ClN3OS. The van der Waals surface area contributed by atoms with E-state index in [0.29, 0.717) is 5.02 Å². The first-order valence-electron chi connectivity index (χ1n) is 6.41. The Kier molecular flexibility index (Phi) is 4.62. The van der Waals surface area contributed by atoms with E-state index in [-0.39, 0.29) is 11.3 Å². The van der Waals surface area contributed by atoms with Crippen LogP contribution >= 0.6 is 22.9 Å². The van der Waals surface area contributed by atoms with Crippen LogP contribution in [0, 0.1) is 0 Å². The highest BCUT2D eigenvalue weighted by molar-refractivity contribution is 7.14. The van der Waals surface area contributed by atoms with Crippen LogP contribution in [0.4, 0.5) is 0 Å². The van der Waals surface area contributed by atoms with Gasteiger partial charge in [0.05, 0.1) is 5.02 Å². The van der Waals surface area contributed by atoms with Crippen LogP contribution in [0.25, 0.3) is 10.6 Å². The fourth-order valence-electron chi connectivity index (χ4n) is 1.69. The topological polar surface area (TPSA) is 58.0 Å². The molecule has 0 fully saturated rings. The third kappa shape index (κ3) is 4.16. The van der Waals surface area contributed by atoms with Gasteiger partial charge in [-0.05, 0) is 39.0 Å². The summed E-state index contributed by atoms with van der Waals surface area (Å²) in [5, 5.41) is 23.5. The van der Waals surface area contributed by atoms with Crippen molar-refractivity contribution in [3.63, 3.8) is 0 Å². The second kappa shape index (κ2) is 6.08. The lowest BCUT2D eigenvalue weighted by atomic mass is 10.1. The van der Waals surface area contributed by atoms with Crippen molar-refractivity contribution in [1.82, 2.24) is 15.5 Å². The summed E-state index contributed by atoms with van der Waals surface area (Å²) in [7, 11) is 0. The summed E-state index contributed by atoms with van der Waals surface area (Å²) in [6.45, 7) is 7.24. The number of rotatable bonds is 4. The van der Waals surface area contributed by atoms with E-state index in [9.17, 15) is 5.11 Å². The summed E-state index contributed by atoms with van der Waals surface area (Å²) < 4.78 is 0. The number of phenolic OH excluding ortho intramolecular Hbond substituents is 1.